The monoisotopic (exact) mass is 255 g/mol. The van der Waals surface area contributed by atoms with Crippen molar-refractivity contribution in [2.75, 3.05) is 19.7 Å². The van der Waals surface area contributed by atoms with Crippen LogP contribution in [0.3, 0.4) is 0 Å². The molecule has 1 aliphatic rings. The van der Waals surface area contributed by atoms with Gasteiger partial charge in [-0.15, -0.1) is 4.68 Å². The van der Waals surface area contributed by atoms with Gasteiger partial charge in [0.25, 0.3) is 0 Å². The number of aryl methyl sites for hydroxylation is 1. The number of nitrogens with zero attached hydrogens (tertiary/aromatic N) is 5. The van der Waals surface area contributed by atoms with Crippen molar-refractivity contribution in [2.45, 2.75) is 12.8 Å². The van der Waals surface area contributed by atoms with Crippen LogP contribution in [0.5, 0.6) is 6.01 Å². The van der Waals surface area contributed by atoms with Gasteiger partial charge >= 0.3 is 12.0 Å². The molecule has 9 heteroatoms. The first-order valence-corrected chi connectivity index (χ1v) is 5.54. The molecule has 1 saturated heterocycles. The molecular formula is C9H13N5O4. The minimum Gasteiger partial charge on any atom is -0.449 e. The minimum absolute atomic E-state index is 0.0772. The van der Waals surface area contributed by atoms with E-state index in [-0.39, 0.29) is 18.5 Å². The summed E-state index contributed by atoms with van der Waals surface area (Å²) in [7, 11) is 1.51. The third-order valence-corrected chi connectivity index (χ3v) is 2.64. The van der Waals surface area contributed by atoms with Crippen molar-refractivity contribution >= 4 is 11.9 Å². The van der Waals surface area contributed by atoms with Crippen LogP contribution in [0.2, 0.25) is 0 Å². The van der Waals surface area contributed by atoms with Crippen LogP contribution in [-0.4, -0.2) is 50.2 Å². The van der Waals surface area contributed by atoms with E-state index in [4.69, 9.17) is 4.74 Å². The van der Waals surface area contributed by atoms with Gasteiger partial charge in [0.15, 0.2) is 0 Å². The molecule has 2 rings (SSSR count). The minimum atomic E-state index is -0.684. The lowest BCUT2D eigenvalue weighted by Crippen LogP contribution is -2.29. The van der Waals surface area contributed by atoms with E-state index in [1.165, 1.54) is 11.7 Å². The third kappa shape index (κ3) is 2.55. The summed E-state index contributed by atoms with van der Waals surface area (Å²) in [6.07, 6.45) is 1.45. The highest BCUT2D eigenvalue weighted by molar-refractivity contribution is 5.78. The van der Waals surface area contributed by atoms with Gasteiger partial charge in [-0.3, -0.25) is 4.79 Å². The van der Waals surface area contributed by atoms with Crippen LogP contribution in [0.1, 0.15) is 12.8 Å². The van der Waals surface area contributed by atoms with Gasteiger partial charge in [-0.05, 0) is 16.3 Å². The molecule has 98 valence electrons. The first kappa shape index (κ1) is 12.3. The number of rotatable bonds is 5. The molecule has 1 aromatic heterocycles. The van der Waals surface area contributed by atoms with Crippen molar-refractivity contribution in [1.29, 1.82) is 0 Å². The highest BCUT2D eigenvalue weighted by Crippen LogP contribution is 2.12. The predicted molar refractivity (Wildman–Crippen MR) is 59.0 cm³/mol. The van der Waals surface area contributed by atoms with Gasteiger partial charge < -0.3 is 19.8 Å². The molecule has 0 radical (unpaired) electrons. The van der Waals surface area contributed by atoms with Gasteiger partial charge in [0.05, 0.1) is 13.6 Å². The van der Waals surface area contributed by atoms with Gasteiger partial charge in [-0.1, -0.05) is 0 Å². The zero-order valence-electron chi connectivity index (χ0n) is 9.90. The van der Waals surface area contributed by atoms with Gasteiger partial charge in [-0.25, -0.2) is 0 Å². The molecule has 9 nitrogen and oxygen atoms in total. The zero-order chi connectivity index (χ0) is 13.1. The largest absolute Gasteiger partial charge is 0.494 e. The van der Waals surface area contributed by atoms with Crippen LogP contribution >= 0.6 is 0 Å². The molecule has 0 bridgehead atoms. The lowest BCUT2D eigenvalue weighted by Gasteiger charge is -2.14. The van der Waals surface area contributed by atoms with Crippen molar-refractivity contribution in [3.63, 3.8) is 0 Å². The molecule has 1 amide bonds. The Labute approximate surface area is 102 Å². The third-order valence-electron chi connectivity index (χ3n) is 2.64. The summed E-state index contributed by atoms with van der Waals surface area (Å²) < 4.78 is 6.47. The number of hydrogen-bond acceptors (Lipinski definition) is 6. The van der Waals surface area contributed by atoms with Gasteiger partial charge in [0.2, 0.25) is 5.91 Å². The second-order valence-corrected chi connectivity index (χ2v) is 3.91. The highest BCUT2D eigenvalue weighted by atomic mass is 16.6. The topological polar surface area (TPSA) is 103 Å². The molecule has 0 aromatic carbocycles. The number of carbonyl (C=O) groups is 1. The predicted octanol–water partition coefficient (Wildman–Crippen LogP) is -0.276. The Morgan fingerprint density at radius 2 is 2.33 bits per heavy atom. The molecule has 0 spiro atoms. The van der Waals surface area contributed by atoms with E-state index in [0.29, 0.717) is 13.0 Å². The summed E-state index contributed by atoms with van der Waals surface area (Å²) >= 11 is 0. The number of ether oxygens (including phenoxy) is 1. The molecule has 2 heterocycles. The summed E-state index contributed by atoms with van der Waals surface area (Å²) in [5.74, 6) is -0.382. The summed E-state index contributed by atoms with van der Waals surface area (Å²) in [5.41, 5.74) is 0. The standard InChI is InChI=1S/C9H13N5O4/c1-12-9(10-8(11-12)14(16)17)18-6-5-13-4-2-3-7(13)15/h2-6H2,1H3. The maximum atomic E-state index is 11.3. The molecular weight excluding hydrogens is 242 g/mol. The van der Waals surface area contributed by atoms with E-state index < -0.39 is 10.9 Å². The molecule has 0 N–H and O–H groups in total. The average Bonchev–Trinajstić information content (AvgIpc) is 2.87. The van der Waals surface area contributed by atoms with E-state index in [1.54, 1.807) is 4.90 Å². The zero-order valence-corrected chi connectivity index (χ0v) is 9.90. The molecule has 0 unspecified atom stereocenters. The second-order valence-electron chi connectivity index (χ2n) is 3.91. The number of aromatic nitrogens is 3. The van der Waals surface area contributed by atoms with Crippen molar-refractivity contribution in [3.05, 3.63) is 10.1 Å². The molecule has 1 fully saturated rings. The van der Waals surface area contributed by atoms with E-state index in [2.05, 4.69) is 10.1 Å². The van der Waals surface area contributed by atoms with Crippen molar-refractivity contribution < 1.29 is 14.5 Å². The molecule has 0 atom stereocenters. The quantitative estimate of drug-likeness (QED) is 0.529. The molecule has 18 heavy (non-hydrogen) atoms. The van der Waals surface area contributed by atoms with E-state index >= 15 is 0 Å². The SMILES string of the molecule is Cn1nc([N+](=O)[O-])nc1OCCN1CCCC1=O. The fraction of sp³-hybridized carbons (Fsp3) is 0.667. The molecule has 0 aliphatic carbocycles. The fourth-order valence-corrected chi connectivity index (χ4v) is 1.75. The first-order chi connectivity index (χ1) is 8.58. The van der Waals surface area contributed by atoms with E-state index in [0.717, 1.165) is 13.0 Å². The van der Waals surface area contributed by atoms with Crippen LogP contribution in [-0.2, 0) is 11.8 Å². The molecule has 1 aliphatic heterocycles. The molecule has 0 saturated carbocycles. The van der Waals surface area contributed by atoms with Crippen molar-refractivity contribution in [3.8, 4) is 6.01 Å². The van der Waals surface area contributed by atoms with Crippen LogP contribution in [0.25, 0.3) is 0 Å². The Bertz CT molecular complexity index is 472. The van der Waals surface area contributed by atoms with Crippen LogP contribution in [0, 0.1) is 10.1 Å². The lowest BCUT2D eigenvalue weighted by molar-refractivity contribution is -0.394. The van der Waals surface area contributed by atoms with Crippen molar-refractivity contribution in [2.24, 2.45) is 7.05 Å². The fourth-order valence-electron chi connectivity index (χ4n) is 1.75. The summed E-state index contributed by atoms with van der Waals surface area (Å²) in [6.45, 7) is 1.44. The maximum absolute atomic E-state index is 11.3. The van der Waals surface area contributed by atoms with Crippen LogP contribution < -0.4 is 4.74 Å². The summed E-state index contributed by atoms with van der Waals surface area (Å²) in [6, 6.07) is 0.0772. The van der Waals surface area contributed by atoms with E-state index in [9.17, 15) is 14.9 Å². The molecule has 1 aromatic rings. The van der Waals surface area contributed by atoms with Crippen LogP contribution in [0.4, 0.5) is 5.95 Å². The average molecular weight is 255 g/mol. The Kier molecular flexibility index (Phi) is 3.40. The van der Waals surface area contributed by atoms with Crippen LogP contribution in [0.15, 0.2) is 0 Å². The van der Waals surface area contributed by atoms with Gasteiger partial charge in [-0.2, -0.15) is 0 Å². The Hall–Kier alpha value is -2.19. The maximum Gasteiger partial charge on any atom is 0.494 e. The smallest absolute Gasteiger partial charge is 0.449 e. The van der Waals surface area contributed by atoms with Crippen molar-refractivity contribution in [1.82, 2.24) is 19.7 Å². The number of amides is 1. The normalized spacial score (nSPS) is 15.2. The number of nitro groups is 1. The Balaban J connectivity index is 1.86. The number of likely N-dealkylation sites (tertiary alicyclic amines) is 1. The van der Waals surface area contributed by atoms with E-state index in [1.807, 2.05) is 0 Å². The van der Waals surface area contributed by atoms with Gasteiger partial charge in [0.1, 0.15) is 6.61 Å². The Morgan fingerprint density at radius 1 is 1.56 bits per heavy atom. The lowest BCUT2D eigenvalue weighted by atomic mass is 10.4. The summed E-state index contributed by atoms with van der Waals surface area (Å²) in [4.78, 5) is 26.4. The highest BCUT2D eigenvalue weighted by Gasteiger charge is 2.22. The first-order valence-electron chi connectivity index (χ1n) is 5.54. The number of carbonyl (C=O) groups excluding carboxylic acids is 1. The Morgan fingerprint density at radius 3 is 2.89 bits per heavy atom. The number of hydrogen-bond donors (Lipinski definition) is 0. The van der Waals surface area contributed by atoms with Gasteiger partial charge in [0, 0.05) is 18.1 Å². The summed E-state index contributed by atoms with van der Waals surface area (Å²) in [5, 5.41) is 14.0. The second kappa shape index (κ2) is 4.98.